The molecule has 4 N–H and O–H groups in total. The van der Waals surface area contributed by atoms with Crippen LogP contribution in [0.4, 0.5) is 0 Å². The lowest BCUT2D eigenvalue weighted by Gasteiger charge is -2.13. The van der Waals surface area contributed by atoms with Crippen molar-refractivity contribution >= 4 is 25.4 Å². The van der Waals surface area contributed by atoms with Crippen LogP contribution < -0.4 is 5.73 Å². The summed E-state index contributed by atoms with van der Waals surface area (Å²) in [5.74, 6) is -1.07. The average molecular weight is 323 g/mol. The number of thiol groups is 1. The number of carbonyl (C=O) groups is 1. The van der Waals surface area contributed by atoms with Gasteiger partial charge in [-0.1, -0.05) is 0 Å². The first-order chi connectivity index (χ1) is 9.40. The molecular weight excluding hydrogens is 311 g/mol. The lowest BCUT2D eigenvalue weighted by Crippen LogP contribution is -2.33. The third-order valence-corrected chi connectivity index (χ3v) is 3.39. The molecule has 1 fully saturated rings. The number of aliphatic hydroxyl groups is 2. The summed E-state index contributed by atoms with van der Waals surface area (Å²) in [5, 5.41) is 23.4. The fourth-order valence-electron chi connectivity index (χ4n) is 1.73. The Balaban J connectivity index is 2.08. The predicted molar refractivity (Wildman–Crippen MR) is 67.0 cm³/mol. The van der Waals surface area contributed by atoms with Crippen LogP contribution in [0.5, 0.6) is 0 Å². The molecule has 2 heterocycles. The van der Waals surface area contributed by atoms with Crippen LogP contribution in [-0.4, -0.2) is 55.8 Å². The summed E-state index contributed by atoms with van der Waals surface area (Å²) in [6.45, 7) is -0.217. The summed E-state index contributed by atoms with van der Waals surface area (Å²) in [7, 11) is -2.15. The molecule has 0 radical (unpaired) electrons. The first-order valence-corrected chi connectivity index (χ1v) is 7.74. The summed E-state index contributed by atoms with van der Waals surface area (Å²) in [6.07, 6.45) is -3.42. The number of carbonyl (C=O) groups excluding carboxylic acids is 1. The van der Waals surface area contributed by atoms with Crippen molar-refractivity contribution in [1.82, 2.24) is 14.8 Å². The van der Waals surface area contributed by atoms with Gasteiger partial charge in [-0.2, -0.15) is 0 Å². The van der Waals surface area contributed by atoms with Gasteiger partial charge in [-0.05, 0) is 4.57 Å². The highest BCUT2D eigenvalue weighted by Crippen LogP contribution is 2.32. The minimum absolute atomic E-state index is 0.217. The highest BCUT2D eigenvalue weighted by atomic mass is 32.7. The number of primary amides is 1. The first kappa shape index (κ1) is 15.3. The highest BCUT2D eigenvalue weighted by molar-refractivity contribution is 8.39. The molecule has 0 aromatic carbocycles. The molecule has 0 saturated carbocycles. The van der Waals surface area contributed by atoms with E-state index in [1.165, 1.54) is 0 Å². The summed E-state index contributed by atoms with van der Waals surface area (Å²) in [4.78, 5) is 14.5. The molecule has 0 spiro atoms. The third kappa shape index (κ3) is 3.14. The minimum Gasteiger partial charge on any atom is -0.387 e. The number of ether oxygens (including phenoxy) is 1. The van der Waals surface area contributed by atoms with E-state index in [1.807, 2.05) is 0 Å². The monoisotopic (exact) mass is 323 g/mol. The van der Waals surface area contributed by atoms with Crippen molar-refractivity contribution in [3.8, 4) is 0 Å². The van der Waals surface area contributed by atoms with Crippen molar-refractivity contribution in [3.05, 3.63) is 12.2 Å². The maximum absolute atomic E-state index is 10.9. The van der Waals surface area contributed by atoms with Crippen molar-refractivity contribution < 1.29 is 28.8 Å². The van der Waals surface area contributed by atoms with Crippen molar-refractivity contribution in [3.63, 3.8) is 0 Å². The molecule has 0 aliphatic carbocycles. The number of hydrogen-bond donors (Lipinski definition) is 4. The lowest BCUT2D eigenvalue weighted by atomic mass is 10.1. The molecule has 2 rings (SSSR count). The van der Waals surface area contributed by atoms with Crippen LogP contribution in [0.3, 0.4) is 0 Å². The van der Waals surface area contributed by atoms with Gasteiger partial charge in [0.1, 0.15) is 43.5 Å². The number of aliphatic hydroxyl groups excluding tert-OH is 2. The van der Waals surface area contributed by atoms with Crippen molar-refractivity contribution in [1.29, 1.82) is 0 Å². The van der Waals surface area contributed by atoms with Crippen molar-refractivity contribution in [2.75, 3.05) is 6.61 Å². The van der Waals surface area contributed by atoms with Gasteiger partial charge in [-0.15, -0.1) is 9.62 Å². The molecule has 20 heavy (non-hydrogen) atoms. The second-order valence-electron chi connectivity index (χ2n) is 3.99. The largest absolute Gasteiger partial charge is 0.582 e. The van der Waals surface area contributed by atoms with E-state index in [0.717, 1.165) is 11.0 Å². The topological polar surface area (TPSA) is 150 Å². The molecule has 0 bridgehead atoms. The van der Waals surface area contributed by atoms with E-state index in [0.29, 0.717) is 0 Å². The summed E-state index contributed by atoms with van der Waals surface area (Å²) < 4.78 is 21.9. The summed E-state index contributed by atoms with van der Waals surface area (Å²) in [5.41, 5.74) is 5.00. The highest BCUT2D eigenvalue weighted by Gasteiger charge is 2.45. The van der Waals surface area contributed by atoms with Crippen molar-refractivity contribution in [2.24, 2.45) is 5.73 Å². The van der Waals surface area contributed by atoms with E-state index in [9.17, 15) is 19.6 Å². The number of nitrogens with zero attached hydrogens (tertiary/aromatic N) is 3. The van der Waals surface area contributed by atoms with Gasteiger partial charge in [0.2, 0.25) is 5.82 Å². The van der Waals surface area contributed by atoms with Gasteiger partial charge >= 0.3 is 7.23 Å². The van der Waals surface area contributed by atoms with E-state index in [2.05, 4.69) is 22.3 Å². The number of hydrogen-bond acceptors (Lipinski definition) is 8. The van der Waals surface area contributed by atoms with Gasteiger partial charge in [-0.25, -0.2) is 9.67 Å². The van der Waals surface area contributed by atoms with Gasteiger partial charge in [0.25, 0.3) is 5.91 Å². The molecule has 2 unspecified atom stereocenters. The smallest absolute Gasteiger partial charge is 0.387 e. The van der Waals surface area contributed by atoms with E-state index < -0.39 is 37.7 Å². The molecule has 1 amide bonds. The van der Waals surface area contributed by atoms with E-state index in [1.54, 1.807) is 0 Å². The van der Waals surface area contributed by atoms with Gasteiger partial charge in [0.15, 0.2) is 6.23 Å². The Labute approximate surface area is 118 Å². The molecule has 1 aliphatic heterocycles. The van der Waals surface area contributed by atoms with Crippen LogP contribution in [-0.2, 0) is 13.8 Å². The number of aromatic nitrogens is 3. The summed E-state index contributed by atoms with van der Waals surface area (Å²) >= 11 is 3.55. The van der Waals surface area contributed by atoms with Crippen LogP contribution in [0, 0.1) is 0 Å². The predicted octanol–water partition coefficient (Wildman–Crippen LogP) is -1.40. The maximum Gasteiger partial charge on any atom is 0.582 e. The molecule has 5 atom stereocenters. The Morgan fingerprint density at radius 2 is 2.30 bits per heavy atom. The average Bonchev–Trinajstić information content (AvgIpc) is 2.95. The fourth-order valence-corrected chi connectivity index (χ4v) is 2.21. The molecule has 1 aromatic rings. The molecule has 1 saturated heterocycles. The van der Waals surface area contributed by atoms with Gasteiger partial charge in [0.05, 0.1) is 0 Å². The van der Waals surface area contributed by atoms with E-state index in [-0.39, 0.29) is 12.4 Å². The van der Waals surface area contributed by atoms with Crippen LogP contribution in [0.15, 0.2) is 6.33 Å². The number of nitrogens with two attached hydrogens (primary N) is 1. The maximum atomic E-state index is 10.9. The Kier molecular flexibility index (Phi) is 4.68. The zero-order chi connectivity index (χ0) is 14.9. The second kappa shape index (κ2) is 6.12. The first-order valence-electron chi connectivity index (χ1n) is 5.41. The van der Waals surface area contributed by atoms with Crippen LogP contribution >= 0.6 is 19.5 Å². The Morgan fingerprint density at radius 3 is 2.85 bits per heavy atom. The van der Waals surface area contributed by atoms with Crippen molar-refractivity contribution in [2.45, 2.75) is 24.5 Å². The zero-order valence-electron chi connectivity index (χ0n) is 9.93. The molecule has 1 aliphatic rings. The minimum atomic E-state index is -2.15. The van der Waals surface area contributed by atoms with Crippen LogP contribution in [0.2, 0.25) is 0 Å². The lowest BCUT2D eigenvalue weighted by molar-refractivity contribution is -0.0546. The van der Waals surface area contributed by atoms with E-state index in [4.69, 9.17) is 15.0 Å². The van der Waals surface area contributed by atoms with Gasteiger partial charge in [-0.3, -0.25) is 4.79 Å². The van der Waals surface area contributed by atoms with Crippen LogP contribution in [0.1, 0.15) is 16.8 Å². The van der Waals surface area contributed by atoms with Gasteiger partial charge in [0, 0.05) is 0 Å². The quantitative estimate of drug-likeness (QED) is 0.382. The van der Waals surface area contributed by atoms with Crippen LogP contribution in [0.25, 0.3) is 0 Å². The molecular formula is C8H12N4O6PS+. The van der Waals surface area contributed by atoms with Gasteiger partial charge < -0.3 is 20.7 Å². The summed E-state index contributed by atoms with van der Waals surface area (Å²) in [6, 6.07) is 0. The normalized spacial score (nSPS) is 30.4. The molecule has 1 aromatic heterocycles. The molecule has 10 nitrogen and oxygen atoms in total. The number of amides is 1. The Morgan fingerprint density at radius 1 is 1.60 bits per heavy atom. The second-order valence-corrected chi connectivity index (χ2v) is 5.71. The Bertz CT molecular complexity index is 527. The van der Waals surface area contributed by atoms with E-state index >= 15 is 0 Å². The zero-order valence-corrected chi connectivity index (χ0v) is 11.7. The molecule has 110 valence electrons. The number of rotatable bonds is 5. The third-order valence-electron chi connectivity index (χ3n) is 2.68. The SMILES string of the molecule is NC(=O)c1ncn([C@@H]2O[C@H](CO[P+](=O)S)[C@H](O)C2O)n1. The molecule has 12 heteroatoms. The Hall–Kier alpha value is -1.10. The fraction of sp³-hybridized carbons (Fsp3) is 0.625. The standard InChI is InChI=1S/C8H11N4O6PS/c9-6(15)7-10-2-12(11-7)8-5(14)4(13)3(18-8)1-17-19(16)20/h2-5,8,13-14H,1H2,(H2-,9,15,16,20)/p+1/t3-,4+,5?,8-/m1/s1.